The Morgan fingerprint density at radius 1 is 0.875 bits per heavy atom. The average molecular weight is 232 g/mol. The second-order valence-corrected chi connectivity index (χ2v) is 4.05. The van der Waals surface area contributed by atoms with Crippen molar-refractivity contribution in [3.63, 3.8) is 0 Å². The molecule has 0 bridgehead atoms. The fourth-order valence-electron chi connectivity index (χ4n) is 1.63. The molecule has 0 aromatic heterocycles. The molecule has 0 radical (unpaired) electrons. The molecule has 82 valence electrons. The average Bonchev–Trinajstić information content (AvgIpc) is 2.32. The van der Waals surface area contributed by atoms with Crippen molar-refractivity contribution in [1.29, 1.82) is 0 Å². The van der Waals surface area contributed by atoms with Gasteiger partial charge in [0.25, 0.3) is 0 Å². The summed E-state index contributed by atoms with van der Waals surface area (Å²) in [6.07, 6.45) is 0. The molecule has 0 unspecified atom stereocenters. The zero-order valence-electron chi connectivity index (χ0n) is 9.20. The number of benzene rings is 2. The number of hydrogen-bond acceptors (Lipinski definition) is 1. The van der Waals surface area contributed by atoms with E-state index in [9.17, 15) is 0 Å². The van der Waals surface area contributed by atoms with E-state index in [4.69, 9.17) is 11.6 Å². The normalized spacial score (nSPS) is 10.1. The van der Waals surface area contributed by atoms with Gasteiger partial charge in [-0.3, -0.25) is 0 Å². The lowest BCUT2D eigenvalue weighted by Gasteiger charge is -2.05. The van der Waals surface area contributed by atoms with Crippen LogP contribution in [0.4, 0.5) is 5.69 Å². The van der Waals surface area contributed by atoms with Crippen molar-refractivity contribution < 1.29 is 0 Å². The third-order valence-corrected chi connectivity index (χ3v) is 2.70. The van der Waals surface area contributed by atoms with E-state index in [1.807, 2.05) is 24.3 Å². The smallest absolute Gasteiger partial charge is 0.0406 e. The summed E-state index contributed by atoms with van der Waals surface area (Å²) in [4.78, 5) is 0. The molecule has 0 heterocycles. The van der Waals surface area contributed by atoms with Crippen LogP contribution >= 0.6 is 11.6 Å². The Kier molecular flexibility index (Phi) is 3.47. The second-order valence-electron chi connectivity index (χ2n) is 3.61. The predicted molar refractivity (Wildman–Crippen MR) is 71.1 cm³/mol. The monoisotopic (exact) mass is 231 g/mol. The first kappa shape index (κ1) is 11.0. The summed E-state index contributed by atoms with van der Waals surface area (Å²) in [5, 5.41) is 4.05. The van der Waals surface area contributed by atoms with E-state index < -0.39 is 0 Å². The van der Waals surface area contributed by atoms with Crippen molar-refractivity contribution in [2.45, 2.75) is 6.92 Å². The summed E-state index contributed by atoms with van der Waals surface area (Å²) in [6, 6.07) is 16.3. The van der Waals surface area contributed by atoms with Gasteiger partial charge in [-0.1, -0.05) is 35.9 Å². The van der Waals surface area contributed by atoms with Crippen LogP contribution in [0.2, 0.25) is 5.02 Å². The number of rotatable bonds is 3. The molecule has 2 aromatic rings. The predicted octanol–water partition coefficient (Wildman–Crippen LogP) is 4.44. The molecule has 0 aliphatic heterocycles. The van der Waals surface area contributed by atoms with E-state index in [2.05, 4.69) is 36.5 Å². The Balaban J connectivity index is 2.24. The topological polar surface area (TPSA) is 12.0 Å². The highest BCUT2D eigenvalue weighted by Gasteiger charge is 1.97. The molecule has 0 saturated heterocycles. The highest BCUT2D eigenvalue weighted by atomic mass is 35.5. The standard InChI is InChI=1S/C14H14ClN/c1-2-16-14-9-5-12(6-10-14)11-3-7-13(15)8-4-11/h3-10,16H,2H2,1H3. The Morgan fingerprint density at radius 3 is 1.88 bits per heavy atom. The third kappa shape index (κ3) is 2.56. The molecule has 0 amide bonds. The van der Waals surface area contributed by atoms with Crippen molar-refractivity contribution in [1.82, 2.24) is 0 Å². The Bertz CT molecular complexity index is 445. The molecular formula is C14H14ClN. The molecule has 1 nitrogen and oxygen atoms in total. The van der Waals surface area contributed by atoms with E-state index >= 15 is 0 Å². The SMILES string of the molecule is CCNc1ccc(-c2ccc(Cl)cc2)cc1. The molecule has 0 atom stereocenters. The molecule has 16 heavy (non-hydrogen) atoms. The van der Waals surface area contributed by atoms with Gasteiger partial charge in [0.1, 0.15) is 0 Å². The van der Waals surface area contributed by atoms with Crippen LogP contribution in [-0.4, -0.2) is 6.54 Å². The number of hydrogen-bond donors (Lipinski definition) is 1. The van der Waals surface area contributed by atoms with Crippen molar-refractivity contribution in [2.75, 3.05) is 11.9 Å². The highest BCUT2D eigenvalue weighted by Crippen LogP contribution is 2.22. The lowest BCUT2D eigenvalue weighted by molar-refractivity contribution is 1.21. The molecule has 1 N–H and O–H groups in total. The Labute approximate surface area is 101 Å². The summed E-state index contributed by atoms with van der Waals surface area (Å²) in [6.45, 7) is 3.04. The first-order chi connectivity index (χ1) is 7.79. The van der Waals surface area contributed by atoms with Crippen LogP contribution in [0.15, 0.2) is 48.5 Å². The first-order valence-electron chi connectivity index (χ1n) is 5.39. The van der Waals surface area contributed by atoms with E-state index in [1.54, 1.807) is 0 Å². The van der Waals surface area contributed by atoms with Crippen LogP contribution in [-0.2, 0) is 0 Å². The van der Waals surface area contributed by atoms with E-state index in [1.165, 1.54) is 11.1 Å². The van der Waals surface area contributed by atoms with Crippen LogP contribution in [0.25, 0.3) is 11.1 Å². The van der Waals surface area contributed by atoms with E-state index in [0.29, 0.717) is 0 Å². The lowest BCUT2D eigenvalue weighted by atomic mass is 10.1. The van der Waals surface area contributed by atoms with Gasteiger partial charge >= 0.3 is 0 Å². The summed E-state index contributed by atoms with van der Waals surface area (Å²) >= 11 is 5.86. The lowest BCUT2D eigenvalue weighted by Crippen LogP contribution is -1.95. The van der Waals surface area contributed by atoms with Gasteiger partial charge in [-0.25, -0.2) is 0 Å². The van der Waals surface area contributed by atoms with Gasteiger partial charge in [-0.2, -0.15) is 0 Å². The highest BCUT2D eigenvalue weighted by molar-refractivity contribution is 6.30. The van der Waals surface area contributed by atoms with Gasteiger partial charge < -0.3 is 5.32 Å². The van der Waals surface area contributed by atoms with Crippen molar-refractivity contribution in [3.8, 4) is 11.1 Å². The largest absolute Gasteiger partial charge is 0.385 e. The molecule has 2 rings (SSSR count). The minimum atomic E-state index is 0.771. The summed E-state index contributed by atoms with van der Waals surface area (Å²) in [7, 11) is 0. The molecule has 2 aromatic carbocycles. The second kappa shape index (κ2) is 5.04. The maximum absolute atomic E-state index is 5.86. The number of nitrogens with one attached hydrogen (secondary N) is 1. The van der Waals surface area contributed by atoms with Gasteiger partial charge in [0, 0.05) is 17.3 Å². The van der Waals surface area contributed by atoms with Gasteiger partial charge in [0.05, 0.1) is 0 Å². The summed E-state index contributed by atoms with van der Waals surface area (Å²) < 4.78 is 0. The molecule has 0 aliphatic carbocycles. The van der Waals surface area contributed by atoms with Gasteiger partial charge in [0.15, 0.2) is 0 Å². The van der Waals surface area contributed by atoms with E-state index in [0.717, 1.165) is 17.3 Å². The molecule has 0 saturated carbocycles. The van der Waals surface area contributed by atoms with Crippen molar-refractivity contribution in [2.24, 2.45) is 0 Å². The number of anilines is 1. The fraction of sp³-hybridized carbons (Fsp3) is 0.143. The van der Waals surface area contributed by atoms with Crippen molar-refractivity contribution in [3.05, 3.63) is 53.6 Å². The van der Waals surface area contributed by atoms with Gasteiger partial charge in [0.2, 0.25) is 0 Å². The van der Waals surface area contributed by atoms with Crippen LogP contribution in [0.5, 0.6) is 0 Å². The van der Waals surface area contributed by atoms with Crippen molar-refractivity contribution >= 4 is 17.3 Å². The maximum Gasteiger partial charge on any atom is 0.0406 e. The number of halogens is 1. The zero-order valence-corrected chi connectivity index (χ0v) is 9.96. The molecule has 2 heteroatoms. The van der Waals surface area contributed by atoms with Gasteiger partial charge in [-0.15, -0.1) is 0 Å². The Hall–Kier alpha value is -1.47. The van der Waals surface area contributed by atoms with E-state index in [-0.39, 0.29) is 0 Å². The van der Waals surface area contributed by atoms with Gasteiger partial charge in [-0.05, 0) is 42.3 Å². The summed E-state index contributed by atoms with van der Waals surface area (Å²) in [5.74, 6) is 0. The third-order valence-electron chi connectivity index (χ3n) is 2.44. The molecule has 0 spiro atoms. The first-order valence-corrected chi connectivity index (χ1v) is 5.77. The molecule has 0 aliphatic rings. The maximum atomic E-state index is 5.86. The Morgan fingerprint density at radius 2 is 1.38 bits per heavy atom. The quantitative estimate of drug-likeness (QED) is 0.824. The zero-order chi connectivity index (χ0) is 11.4. The molecular weight excluding hydrogens is 218 g/mol. The van der Waals surface area contributed by atoms with Crippen LogP contribution in [0.1, 0.15) is 6.92 Å². The fourth-order valence-corrected chi connectivity index (χ4v) is 1.75. The van der Waals surface area contributed by atoms with Crippen LogP contribution in [0.3, 0.4) is 0 Å². The van der Waals surface area contributed by atoms with Crippen LogP contribution in [0, 0.1) is 0 Å². The minimum absolute atomic E-state index is 0.771. The minimum Gasteiger partial charge on any atom is -0.385 e. The van der Waals surface area contributed by atoms with Crippen LogP contribution < -0.4 is 5.32 Å². The molecule has 0 fully saturated rings. The summed E-state index contributed by atoms with van der Waals surface area (Å²) in [5.41, 5.74) is 3.55.